The van der Waals surface area contributed by atoms with Crippen molar-refractivity contribution in [3.63, 3.8) is 0 Å². The number of allylic oxidation sites excluding steroid dienone is 2. The van der Waals surface area contributed by atoms with E-state index in [1.807, 2.05) is 6.20 Å². The number of hydrogen-bond donors (Lipinski definition) is 0. The zero-order valence-corrected chi connectivity index (χ0v) is 41.6. The molecule has 4 heteroatoms. The molecule has 0 saturated carbocycles. The maximum Gasteiger partial charge on any atom is 0.0753 e. The van der Waals surface area contributed by atoms with Crippen LogP contribution in [0.3, 0.4) is 0 Å². The van der Waals surface area contributed by atoms with Crippen molar-refractivity contribution in [3.8, 4) is 56.0 Å². The second-order valence-electron chi connectivity index (χ2n) is 21.6. The fourth-order valence-corrected chi connectivity index (χ4v) is 15.7. The van der Waals surface area contributed by atoms with E-state index in [0.29, 0.717) is 0 Å². The summed E-state index contributed by atoms with van der Waals surface area (Å²) in [7, 11) is 0. The van der Waals surface area contributed by atoms with Gasteiger partial charge in [0.15, 0.2) is 0 Å². The van der Waals surface area contributed by atoms with Gasteiger partial charge < -0.3 is 9.13 Å². The number of pyridine rings is 1. The minimum absolute atomic E-state index is 0.414. The molecular formula is C72H46N4. The van der Waals surface area contributed by atoms with E-state index in [-0.39, 0.29) is 0 Å². The molecule has 3 aromatic heterocycles. The molecule has 9 aromatic carbocycles. The van der Waals surface area contributed by atoms with Gasteiger partial charge in [-0.1, -0.05) is 164 Å². The van der Waals surface area contributed by atoms with Gasteiger partial charge in [-0.3, -0.25) is 9.98 Å². The second kappa shape index (κ2) is 14.7. The number of para-hydroxylation sites is 1. The molecule has 18 rings (SSSR count). The van der Waals surface area contributed by atoms with Crippen molar-refractivity contribution in [1.29, 1.82) is 0 Å². The summed E-state index contributed by atoms with van der Waals surface area (Å²) in [5.41, 5.74) is 31.2. The highest BCUT2D eigenvalue weighted by atomic mass is 15.0. The first kappa shape index (κ1) is 41.0. The molecular weight excluding hydrogens is 921 g/mol. The molecule has 354 valence electrons. The zero-order chi connectivity index (χ0) is 49.4. The van der Waals surface area contributed by atoms with Crippen LogP contribution in [0.2, 0.25) is 0 Å². The maximum absolute atomic E-state index is 5.23. The number of fused-ring (bicyclic) bond motifs is 27. The van der Waals surface area contributed by atoms with Gasteiger partial charge in [0, 0.05) is 56.8 Å². The minimum Gasteiger partial charge on any atom is -0.310 e. The highest BCUT2D eigenvalue weighted by Gasteiger charge is 2.56. The molecule has 0 saturated heterocycles. The zero-order valence-electron chi connectivity index (χ0n) is 41.6. The van der Waals surface area contributed by atoms with Gasteiger partial charge in [-0.25, -0.2) is 0 Å². The first-order valence-corrected chi connectivity index (χ1v) is 27.0. The Bertz CT molecular complexity index is 4580. The Labute approximate surface area is 439 Å². The topological polar surface area (TPSA) is 35.1 Å². The van der Waals surface area contributed by atoms with E-state index in [2.05, 4.69) is 234 Å². The Kier molecular flexibility index (Phi) is 7.92. The van der Waals surface area contributed by atoms with Crippen LogP contribution >= 0.6 is 0 Å². The van der Waals surface area contributed by atoms with E-state index in [1.54, 1.807) is 0 Å². The molecule has 0 unspecified atom stereocenters. The molecule has 0 fully saturated rings. The van der Waals surface area contributed by atoms with Crippen LogP contribution in [0, 0.1) is 0 Å². The van der Waals surface area contributed by atoms with E-state index in [4.69, 9.17) is 9.98 Å². The lowest BCUT2D eigenvalue weighted by Gasteiger charge is -2.33. The third-order valence-corrected chi connectivity index (χ3v) is 18.4. The first-order chi connectivity index (χ1) is 37.7. The molecule has 4 nitrogen and oxygen atoms in total. The predicted octanol–water partition coefficient (Wildman–Crippen LogP) is 17.0. The lowest BCUT2D eigenvalue weighted by Crippen LogP contribution is -2.28. The highest BCUT2D eigenvalue weighted by Crippen LogP contribution is 2.67. The van der Waals surface area contributed by atoms with Crippen LogP contribution in [0.1, 0.15) is 75.0 Å². The maximum atomic E-state index is 5.23. The van der Waals surface area contributed by atoms with Gasteiger partial charge in [0.25, 0.3) is 0 Å². The van der Waals surface area contributed by atoms with Gasteiger partial charge >= 0.3 is 0 Å². The van der Waals surface area contributed by atoms with Crippen LogP contribution in [0.15, 0.2) is 229 Å². The van der Waals surface area contributed by atoms with Crippen molar-refractivity contribution in [2.75, 3.05) is 0 Å². The summed E-state index contributed by atoms with van der Waals surface area (Å²) < 4.78 is 5.01. The molecule has 4 heterocycles. The van der Waals surface area contributed by atoms with Crippen LogP contribution in [0.4, 0.5) is 0 Å². The van der Waals surface area contributed by atoms with E-state index in [9.17, 15) is 0 Å². The van der Waals surface area contributed by atoms with Crippen molar-refractivity contribution in [2.24, 2.45) is 4.99 Å². The molecule has 0 amide bonds. The fourth-order valence-electron chi connectivity index (χ4n) is 15.7. The van der Waals surface area contributed by atoms with Crippen LogP contribution in [0.25, 0.3) is 100 Å². The van der Waals surface area contributed by atoms with Crippen molar-refractivity contribution >= 4 is 50.7 Å². The largest absolute Gasteiger partial charge is 0.310 e. The van der Waals surface area contributed by atoms with Crippen molar-refractivity contribution in [3.05, 3.63) is 280 Å². The standard InChI is InChI=1S/C72H46N4/c1-7-21-55-47(15-1)48-16-2-8-22-56(48)71(55)59-25-13-41-73-69(59)53-37-39-63-65(67(53)71)51-19-5-11-27-61(51)75(63)45-33-29-43(30-34-45)44-31-35-46(36-32-44)76-62-28-12-6-20-52(62)66-64(76)40-38-54-68(66)72(60-26-14-42-74-70(54)60)57-23-9-3-17-49(57)50-18-4-10-24-58(50)72/h1-5,7-12,14-19,21-24,26-42H,6,13,20,25H2. The Morgan fingerprint density at radius 2 is 0.961 bits per heavy atom. The van der Waals surface area contributed by atoms with Gasteiger partial charge in [-0.15, -0.1) is 0 Å². The monoisotopic (exact) mass is 966 g/mol. The van der Waals surface area contributed by atoms with Crippen LogP contribution in [-0.2, 0) is 17.3 Å². The molecule has 12 aromatic rings. The van der Waals surface area contributed by atoms with Crippen LogP contribution in [0.5, 0.6) is 0 Å². The summed E-state index contributed by atoms with van der Waals surface area (Å²) in [4.78, 5) is 10.4. The lowest BCUT2D eigenvalue weighted by atomic mass is 9.67. The Morgan fingerprint density at radius 3 is 1.63 bits per heavy atom. The summed E-state index contributed by atoms with van der Waals surface area (Å²) in [5.74, 6) is 0. The average molecular weight is 967 g/mol. The molecule has 76 heavy (non-hydrogen) atoms. The van der Waals surface area contributed by atoms with E-state index < -0.39 is 10.8 Å². The Balaban J connectivity index is 0.771. The van der Waals surface area contributed by atoms with Gasteiger partial charge in [0.05, 0.1) is 38.8 Å². The minimum atomic E-state index is -0.468. The third-order valence-electron chi connectivity index (χ3n) is 18.4. The molecule has 1 aliphatic heterocycles. The normalized spacial score (nSPS) is 16.0. The van der Waals surface area contributed by atoms with Crippen molar-refractivity contribution < 1.29 is 0 Å². The number of benzene rings is 9. The SMILES string of the molecule is C1=Cc2c(c3c4c(ccc3n2-c2ccc(-c3ccc(-n5c6ccccc6c6c7c(ccc65)C5=C(CCC=N5)C75c6ccccc6-c6ccccc65)cc3)cc2)-c2ncccc2C42c3ccccc3-c3ccccc32)CC1. The molecule has 0 radical (unpaired) electrons. The van der Waals surface area contributed by atoms with Crippen LogP contribution < -0.4 is 0 Å². The third kappa shape index (κ3) is 4.83. The average Bonchev–Trinajstić information content (AvgIpc) is 4.28. The van der Waals surface area contributed by atoms with Crippen molar-refractivity contribution in [1.82, 2.24) is 14.1 Å². The molecule has 0 bridgehead atoms. The quantitative estimate of drug-likeness (QED) is 0.174. The summed E-state index contributed by atoms with van der Waals surface area (Å²) in [5, 5.41) is 3.96. The fraction of sp³-hybridized carbons (Fsp3) is 0.0833. The summed E-state index contributed by atoms with van der Waals surface area (Å²) >= 11 is 0. The summed E-state index contributed by atoms with van der Waals surface area (Å²) in [6.45, 7) is 0. The summed E-state index contributed by atoms with van der Waals surface area (Å²) in [6, 6.07) is 77.9. The van der Waals surface area contributed by atoms with Gasteiger partial charge in [0.1, 0.15) is 0 Å². The molecule has 6 aliphatic rings. The number of hydrogen-bond acceptors (Lipinski definition) is 2. The van der Waals surface area contributed by atoms with E-state index in [0.717, 1.165) is 48.4 Å². The van der Waals surface area contributed by atoms with E-state index in [1.165, 1.54) is 133 Å². The molecule has 0 atom stereocenters. The lowest BCUT2D eigenvalue weighted by molar-refractivity contribution is 0.725. The molecule has 2 spiro atoms. The number of aromatic nitrogens is 3. The second-order valence-corrected chi connectivity index (χ2v) is 21.6. The van der Waals surface area contributed by atoms with E-state index >= 15 is 0 Å². The number of aliphatic imine (C=N–C) groups is 1. The smallest absolute Gasteiger partial charge is 0.0753 e. The predicted molar refractivity (Wildman–Crippen MR) is 311 cm³/mol. The Morgan fingerprint density at radius 1 is 0.408 bits per heavy atom. The van der Waals surface area contributed by atoms with Gasteiger partial charge in [-0.2, -0.15) is 0 Å². The van der Waals surface area contributed by atoms with Gasteiger partial charge in [0.2, 0.25) is 0 Å². The molecule has 5 aliphatic carbocycles. The first-order valence-electron chi connectivity index (χ1n) is 27.0. The summed E-state index contributed by atoms with van der Waals surface area (Å²) in [6.07, 6.45) is 12.8. The van der Waals surface area contributed by atoms with Gasteiger partial charge in [-0.05, 0) is 164 Å². The highest BCUT2D eigenvalue weighted by molar-refractivity contribution is 6.16. The number of nitrogens with zero attached hydrogens (tertiary/aromatic N) is 4. The Hall–Kier alpha value is -9.38. The number of rotatable bonds is 3. The number of aryl methyl sites for hydroxylation is 1. The molecule has 0 N–H and O–H groups in total. The van der Waals surface area contributed by atoms with Crippen LogP contribution in [-0.4, -0.2) is 20.3 Å². The van der Waals surface area contributed by atoms with Crippen molar-refractivity contribution in [2.45, 2.75) is 36.5 Å².